The average molecular weight is 318 g/mol. The van der Waals surface area contributed by atoms with Crippen LogP contribution >= 0.6 is 0 Å². The van der Waals surface area contributed by atoms with Crippen LogP contribution in [-0.2, 0) is 4.79 Å². The van der Waals surface area contributed by atoms with Gasteiger partial charge in [0.1, 0.15) is 5.82 Å². The van der Waals surface area contributed by atoms with E-state index in [2.05, 4.69) is 12.2 Å². The Hall–Kier alpha value is -1.42. The topological polar surface area (TPSA) is 32.3 Å². The lowest BCUT2D eigenvalue weighted by atomic mass is 9.93. The summed E-state index contributed by atoms with van der Waals surface area (Å²) in [5.74, 6) is 1.10. The molecule has 0 saturated carbocycles. The molecule has 0 bridgehead atoms. The van der Waals surface area contributed by atoms with Gasteiger partial charge < -0.3 is 10.2 Å². The van der Waals surface area contributed by atoms with E-state index in [1.54, 1.807) is 6.07 Å². The van der Waals surface area contributed by atoms with E-state index in [-0.39, 0.29) is 17.8 Å². The Balaban J connectivity index is 1.64. The number of benzene rings is 1. The monoisotopic (exact) mass is 318 g/mol. The third-order valence-corrected chi connectivity index (χ3v) is 5.32. The second kappa shape index (κ2) is 7.43. The normalized spacial score (nSPS) is 25.7. The van der Waals surface area contributed by atoms with Crippen LogP contribution in [0, 0.1) is 17.7 Å². The summed E-state index contributed by atoms with van der Waals surface area (Å²) >= 11 is 0. The third-order valence-electron chi connectivity index (χ3n) is 5.32. The van der Waals surface area contributed by atoms with Crippen molar-refractivity contribution >= 4 is 5.91 Å². The third kappa shape index (κ3) is 3.92. The highest BCUT2D eigenvalue weighted by Crippen LogP contribution is 2.37. The minimum atomic E-state index is -0.192. The average Bonchev–Trinajstić information content (AvgIpc) is 2.96. The van der Waals surface area contributed by atoms with Gasteiger partial charge in [-0.05, 0) is 56.7 Å². The standard InChI is InChI=1S/C19H27FN2O/c1-14-12-18(16-4-2-3-5-17(16)20)22(13-14)19(23)7-6-15-8-10-21-11-9-15/h2-5,14-15,18,21H,6-13H2,1H3/t14-,18-/m0/s1. The molecule has 126 valence electrons. The molecule has 3 nitrogen and oxygen atoms in total. The van der Waals surface area contributed by atoms with Crippen molar-refractivity contribution in [2.45, 2.75) is 45.1 Å². The lowest BCUT2D eigenvalue weighted by Gasteiger charge is -2.27. The first kappa shape index (κ1) is 16.4. The van der Waals surface area contributed by atoms with Crippen LogP contribution in [0.4, 0.5) is 4.39 Å². The molecule has 0 radical (unpaired) electrons. The van der Waals surface area contributed by atoms with Gasteiger partial charge in [-0.2, -0.15) is 0 Å². The minimum Gasteiger partial charge on any atom is -0.335 e. The molecule has 2 heterocycles. The van der Waals surface area contributed by atoms with E-state index in [9.17, 15) is 9.18 Å². The SMILES string of the molecule is C[C@H]1C[C@@H](c2ccccc2F)N(C(=O)CCC2CCNCC2)C1. The molecule has 2 aliphatic rings. The van der Waals surface area contributed by atoms with Crippen molar-refractivity contribution in [2.75, 3.05) is 19.6 Å². The summed E-state index contributed by atoms with van der Waals surface area (Å²) in [6.07, 6.45) is 4.76. The Bertz CT molecular complexity index is 542. The van der Waals surface area contributed by atoms with Gasteiger partial charge in [0.25, 0.3) is 0 Å². The number of amides is 1. The van der Waals surface area contributed by atoms with Crippen molar-refractivity contribution in [1.29, 1.82) is 0 Å². The summed E-state index contributed by atoms with van der Waals surface area (Å²) in [5, 5.41) is 3.36. The van der Waals surface area contributed by atoms with Crippen LogP contribution in [0.2, 0.25) is 0 Å². The zero-order valence-corrected chi connectivity index (χ0v) is 13.9. The van der Waals surface area contributed by atoms with Crippen molar-refractivity contribution in [3.8, 4) is 0 Å². The van der Waals surface area contributed by atoms with Gasteiger partial charge in [-0.15, -0.1) is 0 Å². The van der Waals surface area contributed by atoms with E-state index < -0.39 is 0 Å². The maximum Gasteiger partial charge on any atom is 0.223 e. The Morgan fingerprint density at radius 1 is 1.30 bits per heavy atom. The molecule has 0 unspecified atom stereocenters. The Morgan fingerprint density at radius 3 is 2.78 bits per heavy atom. The molecule has 0 aliphatic carbocycles. The van der Waals surface area contributed by atoms with Crippen LogP contribution in [-0.4, -0.2) is 30.4 Å². The van der Waals surface area contributed by atoms with Gasteiger partial charge in [0.2, 0.25) is 5.91 Å². The number of likely N-dealkylation sites (tertiary alicyclic amines) is 1. The van der Waals surface area contributed by atoms with Gasteiger partial charge in [0.05, 0.1) is 6.04 Å². The molecule has 4 heteroatoms. The van der Waals surface area contributed by atoms with Gasteiger partial charge in [-0.3, -0.25) is 4.79 Å². The van der Waals surface area contributed by atoms with Crippen LogP contribution in [0.5, 0.6) is 0 Å². The van der Waals surface area contributed by atoms with E-state index in [0.717, 1.165) is 32.5 Å². The van der Waals surface area contributed by atoms with Gasteiger partial charge in [-0.1, -0.05) is 25.1 Å². The first-order valence-electron chi connectivity index (χ1n) is 8.89. The number of hydrogen-bond donors (Lipinski definition) is 1. The number of piperidine rings is 1. The first-order chi connectivity index (χ1) is 11.1. The van der Waals surface area contributed by atoms with E-state index in [1.807, 2.05) is 17.0 Å². The Morgan fingerprint density at radius 2 is 2.04 bits per heavy atom. The number of hydrogen-bond acceptors (Lipinski definition) is 2. The number of carbonyl (C=O) groups is 1. The Kier molecular flexibility index (Phi) is 5.31. The van der Waals surface area contributed by atoms with Gasteiger partial charge >= 0.3 is 0 Å². The molecule has 2 aliphatic heterocycles. The highest BCUT2D eigenvalue weighted by atomic mass is 19.1. The van der Waals surface area contributed by atoms with Crippen molar-refractivity contribution < 1.29 is 9.18 Å². The van der Waals surface area contributed by atoms with Crippen LogP contribution in [0.15, 0.2) is 24.3 Å². The smallest absolute Gasteiger partial charge is 0.223 e. The first-order valence-corrected chi connectivity index (χ1v) is 8.89. The zero-order chi connectivity index (χ0) is 16.2. The van der Waals surface area contributed by atoms with Gasteiger partial charge in [0.15, 0.2) is 0 Å². The molecular formula is C19H27FN2O. The van der Waals surface area contributed by atoms with Crippen molar-refractivity contribution in [3.05, 3.63) is 35.6 Å². The molecular weight excluding hydrogens is 291 g/mol. The zero-order valence-electron chi connectivity index (χ0n) is 13.9. The molecule has 1 amide bonds. The predicted octanol–water partition coefficient (Wildman–Crippen LogP) is 3.52. The van der Waals surface area contributed by atoms with E-state index in [0.29, 0.717) is 23.8 Å². The van der Waals surface area contributed by atoms with Crippen LogP contribution in [0.1, 0.15) is 50.6 Å². The quantitative estimate of drug-likeness (QED) is 0.921. The second-order valence-corrected chi connectivity index (χ2v) is 7.16. The van der Waals surface area contributed by atoms with Crippen molar-refractivity contribution in [2.24, 2.45) is 11.8 Å². The van der Waals surface area contributed by atoms with Crippen molar-refractivity contribution in [3.63, 3.8) is 0 Å². The number of carbonyl (C=O) groups excluding carboxylic acids is 1. The van der Waals surface area contributed by atoms with Gasteiger partial charge in [-0.25, -0.2) is 4.39 Å². The molecule has 3 rings (SSSR count). The maximum absolute atomic E-state index is 14.1. The van der Waals surface area contributed by atoms with Crippen LogP contribution in [0.25, 0.3) is 0 Å². The summed E-state index contributed by atoms with van der Waals surface area (Å²) in [7, 11) is 0. The second-order valence-electron chi connectivity index (χ2n) is 7.16. The molecule has 0 aromatic heterocycles. The number of nitrogens with zero attached hydrogens (tertiary/aromatic N) is 1. The van der Waals surface area contributed by atoms with Crippen molar-refractivity contribution in [1.82, 2.24) is 10.2 Å². The lowest BCUT2D eigenvalue weighted by Crippen LogP contribution is -2.33. The van der Waals surface area contributed by atoms with Crippen LogP contribution in [0.3, 0.4) is 0 Å². The molecule has 1 N–H and O–H groups in total. The van der Waals surface area contributed by atoms with E-state index in [4.69, 9.17) is 0 Å². The number of nitrogens with one attached hydrogen (secondary N) is 1. The summed E-state index contributed by atoms with van der Waals surface area (Å²) in [5.41, 5.74) is 0.673. The molecule has 0 spiro atoms. The summed E-state index contributed by atoms with van der Waals surface area (Å²) < 4.78 is 14.1. The summed E-state index contributed by atoms with van der Waals surface area (Å²) in [6, 6.07) is 6.80. The molecule has 2 fully saturated rings. The largest absolute Gasteiger partial charge is 0.335 e. The summed E-state index contributed by atoms with van der Waals surface area (Å²) in [4.78, 5) is 14.6. The van der Waals surface area contributed by atoms with E-state index in [1.165, 1.54) is 18.9 Å². The molecule has 2 atom stereocenters. The summed E-state index contributed by atoms with van der Waals surface area (Å²) in [6.45, 7) is 5.03. The fourth-order valence-corrected chi connectivity index (χ4v) is 4.00. The maximum atomic E-state index is 14.1. The van der Waals surface area contributed by atoms with Crippen LogP contribution < -0.4 is 5.32 Å². The highest BCUT2D eigenvalue weighted by Gasteiger charge is 2.35. The van der Waals surface area contributed by atoms with Gasteiger partial charge in [0, 0.05) is 18.5 Å². The predicted molar refractivity (Wildman–Crippen MR) is 89.5 cm³/mol. The lowest BCUT2D eigenvalue weighted by molar-refractivity contribution is -0.132. The fourth-order valence-electron chi connectivity index (χ4n) is 4.00. The highest BCUT2D eigenvalue weighted by molar-refractivity contribution is 5.77. The molecule has 1 aromatic carbocycles. The Labute approximate surface area is 138 Å². The van der Waals surface area contributed by atoms with E-state index >= 15 is 0 Å². The molecule has 23 heavy (non-hydrogen) atoms. The molecule has 1 aromatic rings. The number of rotatable bonds is 4. The minimum absolute atomic E-state index is 0.0910. The molecule has 2 saturated heterocycles. The fraction of sp³-hybridized carbons (Fsp3) is 0.632. The number of halogens is 1.